The number of anilines is 1. The Bertz CT molecular complexity index is 841. The van der Waals surface area contributed by atoms with E-state index in [1.54, 1.807) is 34.9 Å². The third-order valence-corrected chi connectivity index (χ3v) is 3.23. The van der Waals surface area contributed by atoms with E-state index in [-0.39, 0.29) is 12.3 Å². The van der Waals surface area contributed by atoms with E-state index in [0.717, 1.165) is 0 Å². The van der Waals surface area contributed by atoms with E-state index in [9.17, 15) is 10.1 Å². The summed E-state index contributed by atoms with van der Waals surface area (Å²) < 4.78 is 1.65. The Hall–Kier alpha value is -2.93. The molecular weight excluding hydrogens is 272 g/mol. The number of hydrogen-bond donors (Lipinski definition) is 2. The van der Waals surface area contributed by atoms with E-state index in [4.69, 9.17) is 10.8 Å². The Morgan fingerprint density at radius 1 is 1.33 bits per heavy atom. The van der Waals surface area contributed by atoms with Gasteiger partial charge in [0.25, 0.3) is 5.69 Å². The monoisotopic (exact) mass is 284 g/mol. The number of non-ortho nitro benzene ring substituents is 1. The highest BCUT2D eigenvalue weighted by atomic mass is 16.6. The summed E-state index contributed by atoms with van der Waals surface area (Å²) in [5.74, 6) is 0.376. The maximum absolute atomic E-state index is 10.8. The first-order valence-electron chi connectivity index (χ1n) is 6.22. The van der Waals surface area contributed by atoms with Gasteiger partial charge in [0.15, 0.2) is 0 Å². The van der Waals surface area contributed by atoms with Crippen LogP contribution in [0.15, 0.2) is 42.6 Å². The van der Waals surface area contributed by atoms with Crippen molar-refractivity contribution in [2.45, 2.75) is 6.61 Å². The molecule has 21 heavy (non-hydrogen) atoms. The predicted molar refractivity (Wildman–Crippen MR) is 77.6 cm³/mol. The standard InChI is InChI=1S/C14H12N4O3/c15-14-13(10-2-1-3-11(6-10)18(20)21)16-12-5-4-9(8-19)7-17(12)14/h1-7,19H,8,15H2. The smallest absolute Gasteiger partial charge is 0.270 e. The molecule has 0 spiro atoms. The predicted octanol–water partition coefficient (Wildman–Crippen LogP) is 1.98. The van der Waals surface area contributed by atoms with Crippen LogP contribution < -0.4 is 5.73 Å². The summed E-state index contributed by atoms with van der Waals surface area (Å²) in [7, 11) is 0. The third kappa shape index (κ3) is 2.19. The van der Waals surface area contributed by atoms with Crippen LogP contribution in [0.1, 0.15) is 5.56 Å². The molecule has 2 aromatic heterocycles. The molecule has 1 aromatic carbocycles. The summed E-state index contributed by atoms with van der Waals surface area (Å²) in [4.78, 5) is 14.8. The number of hydrogen-bond acceptors (Lipinski definition) is 5. The van der Waals surface area contributed by atoms with Crippen LogP contribution in [0.3, 0.4) is 0 Å². The molecule has 0 saturated heterocycles. The molecule has 7 nitrogen and oxygen atoms in total. The lowest BCUT2D eigenvalue weighted by molar-refractivity contribution is -0.384. The zero-order valence-electron chi connectivity index (χ0n) is 10.9. The van der Waals surface area contributed by atoms with Crippen LogP contribution in [-0.2, 0) is 6.61 Å². The molecule has 0 atom stereocenters. The van der Waals surface area contributed by atoms with Crippen molar-refractivity contribution in [2.24, 2.45) is 0 Å². The number of nitrogens with two attached hydrogens (primary N) is 1. The van der Waals surface area contributed by atoms with Crippen molar-refractivity contribution in [3.05, 3.63) is 58.3 Å². The van der Waals surface area contributed by atoms with Crippen molar-refractivity contribution in [2.75, 3.05) is 5.73 Å². The lowest BCUT2D eigenvalue weighted by Gasteiger charge is -2.01. The van der Waals surface area contributed by atoms with E-state index in [1.807, 2.05) is 0 Å². The number of nitrogens with zero attached hydrogens (tertiary/aromatic N) is 3. The average molecular weight is 284 g/mol. The Labute approximate surface area is 119 Å². The normalized spacial score (nSPS) is 10.9. The van der Waals surface area contributed by atoms with Crippen molar-refractivity contribution >= 4 is 17.2 Å². The van der Waals surface area contributed by atoms with Crippen LogP contribution >= 0.6 is 0 Å². The minimum Gasteiger partial charge on any atom is -0.392 e. The third-order valence-electron chi connectivity index (χ3n) is 3.23. The maximum Gasteiger partial charge on any atom is 0.270 e. The number of nitro benzene ring substituents is 1. The lowest BCUT2D eigenvalue weighted by Crippen LogP contribution is -1.96. The molecule has 0 aliphatic heterocycles. The summed E-state index contributed by atoms with van der Waals surface area (Å²) in [6.45, 7) is -0.0975. The molecule has 0 fully saturated rings. The number of aromatic nitrogens is 2. The Morgan fingerprint density at radius 3 is 2.86 bits per heavy atom. The zero-order chi connectivity index (χ0) is 15.0. The highest BCUT2D eigenvalue weighted by molar-refractivity contribution is 5.76. The molecule has 3 rings (SSSR count). The van der Waals surface area contributed by atoms with Crippen LogP contribution in [0.4, 0.5) is 11.5 Å². The van der Waals surface area contributed by atoms with Crippen LogP contribution in [0.5, 0.6) is 0 Å². The van der Waals surface area contributed by atoms with E-state index >= 15 is 0 Å². The maximum atomic E-state index is 10.8. The number of imidazole rings is 1. The van der Waals surface area contributed by atoms with Gasteiger partial charge in [-0.25, -0.2) is 4.98 Å². The van der Waals surface area contributed by atoms with Gasteiger partial charge >= 0.3 is 0 Å². The molecule has 7 heteroatoms. The number of nitro groups is 1. The molecule has 106 valence electrons. The van der Waals surface area contributed by atoms with Gasteiger partial charge in [0, 0.05) is 23.9 Å². The van der Waals surface area contributed by atoms with Gasteiger partial charge in [-0.05, 0) is 11.6 Å². The van der Waals surface area contributed by atoms with Crippen molar-refractivity contribution in [3.63, 3.8) is 0 Å². The van der Waals surface area contributed by atoms with Gasteiger partial charge in [0.05, 0.1) is 11.5 Å². The fourth-order valence-corrected chi connectivity index (χ4v) is 2.18. The number of aliphatic hydroxyl groups is 1. The largest absolute Gasteiger partial charge is 0.392 e. The fourth-order valence-electron chi connectivity index (χ4n) is 2.18. The fraction of sp³-hybridized carbons (Fsp3) is 0.0714. The molecule has 2 heterocycles. The molecule has 0 bridgehead atoms. The Balaban J connectivity index is 2.18. The van der Waals surface area contributed by atoms with Gasteiger partial charge < -0.3 is 10.8 Å². The van der Waals surface area contributed by atoms with Crippen molar-refractivity contribution < 1.29 is 10.0 Å². The molecular formula is C14H12N4O3. The zero-order valence-corrected chi connectivity index (χ0v) is 10.9. The van der Waals surface area contributed by atoms with Gasteiger partial charge in [0.2, 0.25) is 0 Å². The topological polar surface area (TPSA) is 107 Å². The number of fused-ring (bicyclic) bond motifs is 1. The Morgan fingerprint density at radius 2 is 2.14 bits per heavy atom. The number of benzene rings is 1. The van der Waals surface area contributed by atoms with Crippen LogP contribution in [0.25, 0.3) is 16.9 Å². The molecule has 0 aliphatic carbocycles. The second kappa shape index (κ2) is 4.88. The van der Waals surface area contributed by atoms with Crippen molar-refractivity contribution in [1.82, 2.24) is 9.38 Å². The van der Waals surface area contributed by atoms with Crippen LogP contribution in [-0.4, -0.2) is 19.4 Å². The average Bonchev–Trinajstić information content (AvgIpc) is 2.84. The van der Waals surface area contributed by atoms with Crippen LogP contribution in [0, 0.1) is 10.1 Å². The van der Waals surface area contributed by atoms with Crippen LogP contribution in [0.2, 0.25) is 0 Å². The number of rotatable bonds is 3. The highest BCUT2D eigenvalue weighted by Crippen LogP contribution is 2.29. The minimum absolute atomic E-state index is 0.0139. The van der Waals surface area contributed by atoms with Gasteiger partial charge in [-0.15, -0.1) is 0 Å². The number of nitrogen functional groups attached to an aromatic ring is 1. The lowest BCUT2D eigenvalue weighted by atomic mass is 10.1. The molecule has 3 aromatic rings. The minimum atomic E-state index is -0.459. The molecule has 0 unspecified atom stereocenters. The van der Waals surface area contributed by atoms with E-state index in [2.05, 4.69) is 4.98 Å². The number of aliphatic hydroxyl groups excluding tert-OH is 1. The molecule has 0 radical (unpaired) electrons. The first-order valence-corrected chi connectivity index (χ1v) is 6.22. The second-order valence-corrected chi connectivity index (χ2v) is 4.58. The van der Waals surface area contributed by atoms with Gasteiger partial charge in [-0.3, -0.25) is 14.5 Å². The second-order valence-electron chi connectivity index (χ2n) is 4.58. The summed E-state index contributed by atoms with van der Waals surface area (Å²) in [5.41, 5.74) is 8.44. The first kappa shape index (κ1) is 13.1. The molecule has 0 aliphatic rings. The molecule has 3 N–H and O–H groups in total. The Kier molecular flexibility index (Phi) is 3.03. The SMILES string of the molecule is Nc1c(-c2cccc([N+](=O)[O-])c2)nc2ccc(CO)cn12. The summed E-state index contributed by atoms with van der Waals surface area (Å²) in [5, 5.41) is 20.0. The number of pyridine rings is 1. The summed E-state index contributed by atoms with van der Waals surface area (Å²) in [6, 6.07) is 9.65. The van der Waals surface area contributed by atoms with E-state index in [1.165, 1.54) is 12.1 Å². The van der Waals surface area contributed by atoms with Crippen molar-refractivity contribution in [3.8, 4) is 11.3 Å². The molecule has 0 saturated carbocycles. The van der Waals surface area contributed by atoms with Gasteiger partial charge in [-0.1, -0.05) is 18.2 Å². The van der Waals surface area contributed by atoms with E-state index < -0.39 is 4.92 Å². The van der Waals surface area contributed by atoms with Gasteiger partial charge in [0.1, 0.15) is 17.2 Å². The summed E-state index contributed by atoms with van der Waals surface area (Å²) in [6.07, 6.45) is 1.69. The van der Waals surface area contributed by atoms with E-state index in [0.29, 0.717) is 28.3 Å². The van der Waals surface area contributed by atoms with Gasteiger partial charge in [-0.2, -0.15) is 0 Å². The highest BCUT2D eigenvalue weighted by Gasteiger charge is 2.14. The first-order chi connectivity index (χ1) is 10.1. The molecule has 0 amide bonds. The summed E-state index contributed by atoms with van der Waals surface area (Å²) >= 11 is 0. The van der Waals surface area contributed by atoms with Crippen molar-refractivity contribution in [1.29, 1.82) is 0 Å². The quantitative estimate of drug-likeness (QED) is 0.565.